The fourth-order valence-corrected chi connectivity index (χ4v) is 21.3. The van der Waals surface area contributed by atoms with Crippen LogP contribution in [0.5, 0.6) is 0 Å². The summed E-state index contributed by atoms with van der Waals surface area (Å²) in [6.45, 7) is 5.21. The van der Waals surface area contributed by atoms with E-state index in [0.29, 0.717) is 6.42 Å². The van der Waals surface area contributed by atoms with Gasteiger partial charge in [-0.25, -0.2) is 0 Å². The highest BCUT2D eigenvalue weighted by molar-refractivity contribution is 5.75. The van der Waals surface area contributed by atoms with Gasteiger partial charge in [-0.15, -0.1) is 0 Å². The number of unbranched alkanes of at least 4 members (excludes halogenated alkanes) is 117. The molecule has 1 amide bonds. The van der Waals surface area contributed by atoms with E-state index in [4.69, 9.17) is 0 Å². The van der Waals surface area contributed by atoms with Gasteiger partial charge >= 0.3 is 0 Å². The minimum atomic E-state index is 0. The Morgan fingerprint density at radius 3 is 0.244 bits per heavy atom. The number of carbonyl (C=O) groups is 1. The molecule has 0 atom stereocenters. The minimum Gasteiger partial charge on any atom is -0.346 e. The van der Waals surface area contributed by atoms with Crippen LogP contribution in [0.25, 0.3) is 0 Å². The molecule has 2 heteroatoms. The number of hydrogen-bond donors (Lipinski definition) is 0. The third kappa shape index (κ3) is 122. The van der Waals surface area contributed by atoms with Crippen LogP contribution in [0, 0.1) is 0 Å². The van der Waals surface area contributed by atoms with E-state index in [1.807, 2.05) is 18.9 Å². The zero-order valence-corrected chi connectivity index (χ0v) is 89.2. The molecule has 0 fully saturated rings. The number of nitrogens with zero attached hydrogens (tertiary/aromatic N) is 1. The monoisotopic (exact) mass is 1780 g/mol. The Morgan fingerprint density at radius 2 is 0.181 bits per heavy atom. The lowest BCUT2D eigenvalue weighted by Gasteiger charge is -2.15. The summed E-state index contributed by atoms with van der Waals surface area (Å²) in [7, 11) is 1.95. The first-order chi connectivity index (χ1) is 62.7. The van der Waals surface area contributed by atoms with Gasteiger partial charge in [0, 0.05) is 20.0 Å². The maximum atomic E-state index is 11.6. The third-order valence-corrected chi connectivity index (χ3v) is 30.6. The summed E-state index contributed by atoms with van der Waals surface area (Å²) in [5, 5.41) is 0. The van der Waals surface area contributed by atoms with Crippen molar-refractivity contribution in [3.8, 4) is 0 Å². The summed E-state index contributed by atoms with van der Waals surface area (Å²) < 4.78 is 0. The van der Waals surface area contributed by atoms with E-state index in [-0.39, 0.29) is 13.3 Å². The second kappa shape index (κ2) is 123. The third-order valence-electron chi connectivity index (χ3n) is 30.6. The Kier molecular flexibility index (Phi) is 125. The van der Waals surface area contributed by atoms with Gasteiger partial charge in [0.05, 0.1) is 0 Å². The zero-order chi connectivity index (χ0) is 90.0. The average Bonchev–Trinajstić information content (AvgIpc) is 0.988. The van der Waals surface area contributed by atoms with Crippen LogP contribution in [0.2, 0.25) is 0 Å². The second-order valence-electron chi connectivity index (χ2n) is 43.5. The SMILES string of the molecule is C.CCCCCCCCCCCCCCCCCCCCCCCCCCCCCCCCCCCCCCCCCCCCCCCCCCCCCCCCCCCCCCCCCCCCCCCCCCCCCCCCCCCCCCCCCCCCCCCCCCCCCCCCCCCCCCCCCCCCCCCCN(C)C(=O)CC. The fraction of sp³-hybridized carbons (Fsp3) is 0.992. The quantitative estimate of drug-likeness (QED) is 0.0556. The molecule has 0 unspecified atom stereocenters. The molecule has 764 valence electrons. The molecular weight excluding hydrogens is 1530 g/mol. The Labute approximate surface area is 809 Å². The lowest BCUT2D eigenvalue weighted by molar-refractivity contribution is -0.129. The van der Waals surface area contributed by atoms with Gasteiger partial charge in [-0.1, -0.05) is 773 Å². The molecule has 0 aliphatic rings. The summed E-state index contributed by atoms with van der Waals surface area (Å²) in [5.41, 5.74) is 0. The van der Waals surface area contributed by atoms with Crippen LogP contribution in [-0.4, -0.2) is 24.4 Å². The Morgan fingerprint density at radius 1 is 0.118 bits per heavy atom. The number of carbonyl (C=O) groups excluding carboxylic acids is 1. The predicted molar refractivity (Wildman–Crippen MR) is 585 cm³/mol. The van der Waals surface area contributed by atoms with Crippen LogP contribution in [0.3, 0.4) is 0 Å². The van der Waals surface area contributed by atoms with E-state index < -0.39 is 0 Å². The first-order valence-electron chi connectivity index (χ1n) is 62.0. The summed E-state index contributed by atoms with van der Waals surface area (Å²) in [6.07, 6.45) is 176. The van der Waals surface area contributed by atoms with E-state index in [1.54, 1.807) is 0 Å². The Bertz CT molecular complexity index is 1730. The summed E-state index contributed by atoms with van der Waals surface area (Å²) in [5.74, 6) is 0.282. The van der Waals surface area contributed by atoms with Crippen LogP contribution in [0.15, 0.2) is 0 Å². The predicted octanol–water partition coefficient (Wildman–Crippen LogP) is 47.5. The van der Waals surface area contributed by atoms with E-state index in [2.05, 4.69) is 6.92 Å². The standard InChI is InChI=1S/C124H249NO.CH4/c1-4-6-7-8-9-10-11-12-13-14-15-16-17-18-19-20-21-22-23-24-25-26-27-28-29-30-31-32-33-34-35-36-37-38-39-40-41-42-43-44-45-46-47-48-49-50-51-52-53-54-55-56-57-58-59-60-61-62-63-64-65-66-67-68-69-70-71-72-73-74-75-76-77-78-79-80-81-82-83-84-85-86-87-88-89-90-91-92-93-94-95-96-97-98-99-100-101-102-103-104-105-106-107-108-109-110-111-112-113-114-115-116-117-118-119-120-121-122-123-125(3)124(126)5-2;/h4-123H2,1-3H3;1H4. The first kappa shape index (κ1) is 129. The normalized spacial score (nSPS) is 11.7. The van der Waals surface area contributed by atoms with E-state index in [1.165, 1.54) is 758 Å². The number of hydrogen-bond acceptors (Lipinski definition) is 1. The van der Waals surface area contributed by atoms with Gasteiger partial charge in [-0.05, 0) is 6.42 Å². The molecule has 2 nitrogen and oxygen atoms in total. The summed E-state index contributed by atoms with van der Waals surface area (Å²) >= 11 is 0. The van der Waals surface area contributed by atoms with Gasteiger partial charge in [0.1, 0.15) is 0 Å². The highest BCUT2D eigenvalue weighted by Gasteiger charge is 2.08. The van der Waals surface area contributed by atoms with E-state index in [0.717, 1.165) is 6.54 Å². The van der Waals surface area contributed by atoms with Crippen LogP contribution >= 0.6 is 0 Å². The van der Waals surface area contributed by atoms with Crippen molar-refractivity contribution in [3.63, 3.8) is 0 Å². The molecule has 0 aromatic rings. The maximum absolute atomic E-state index is 11.6. The van der Waals surface area contributed by atoms with Gasteiger partial charge in [0.2, 0.25) is 5.91 Å². The van der Waals surface area contributed by atoms with Crippen molar-refractivity contribution in [1.82, 2.24) is 4.90 Å². The summed E-state index contributed by atoms with van der Waals surface area (Å²) in [4.78, 5) is 13.5. The maximum Gasteiger partial charge on any atom is 0.222 e. The van der Waals surface area contributed by atoms with E-state index in [9.17, 15) is 4.79 Å². The highest BCUT2D eigenvalue weighted by atomic mass is 16.2. The Balaban J connectivity index is 0. The van der Waals surface area contributed by atoms with Crippen molar-refractivity contribution in [2.45, 2.75) is 785 Å². The van der Waals surface area contributed by atoms with Crippen molar-refractivity contribution < 1.29 is 4.79 Å². The molecular formula is C125H253NO. The van der Waals surface area contributed by atoms with Crippen molar-refractivity contribution in [2.75, 3.05) is 13.6 Å². The first-order valence-corrected chi connectivity index (χ1v) is 62.0. The van der Waals surface area contributed by atoms with Crippen molar-refractivity contribution >= 4 is 5.91 Å². The molecule has 0 aromatic heterocycles. The average molecular weight is 1790 g/mol. The number of amides is 1. The van der Waals surface area contributed by atoms with Crippen LogP contribution in [0.1, 0.15) is 785 Å². The van der Waals surface area contributed by atoms with Crippen molar-refractivity contribution in [3.05, 3.63) is 0 Å². The molecule has 0 aliphatic heterocycles. The Hall–Kier alpha value is -0.530. The smallest absolute Gasteiger partial charge is 0.222 e. The molecule has 0 saturated heterocycles. The molecule has 0 heterocycles. The molecule has 0 N–H and O–H groups in total. The van der Waals surface area contributed by atoms with Crippen LogP contribution < -0.4 is 0 Å². The zero-order valence-electron chi connectivity index (χ0n) is 89.2. The molecule has 0 saturated carbocycles. The lowest BCUT2D eigenvalue weighted by atomic mass is 10.0. The molecule has 0 aliphatic carbocycles. The van der Waals surface area contributed by atoms with Gasteiger partial charge in [0.25, 0.3) is 0 Å². The lowest BCUT2D eigenvalue weighted by Crippen LogP contribution is -2.26. The van der Waals surface area contributed by atoms with Gasteiger partial charge in [-0.2, -0.15) is 0 Å². The molecule has 0 bridgehead atoms. The van der Waals surface area contributed by atoms with Crippen molar-refractivity contribution in [1.29, 1.82) is 0 Å². The second-order valence-corrected chi connectivity index (χ2v) is 43.5. The van der Waals surface area contributed by atoms with Gasteiger partial charge in [-0.3, -0.25) is 4.79 Å². The van der Waals surface area contributed by atoms with Crippen LogP contribution in [-0.2, 0) is 4.79 Å². The molecule has 127 heavy (non-hydrogen) atoms. The van der Waals surface area contributed by atoms with Gasteiger partial charge < -0.3 is 4.90 Å². The summed E-state index contributed by atoms with van der Waals surface area (Å²) in [6, 6.07) is 0. The number of rotatable bonds is 120. The molecule has 0 rings (SSSR count). The largest absolute Gasteiger partial charge is 0.346 e. The topological polar surface area (TPSA) is 20.3 Å². The highest BCUT2D eigenvalue weighted by Crippen LogP contribution is 2.26. The molecule has 0 aromatic carbocycles. The molecule has 0 spiro atoms. The van der Waals surface area contributed by atoms with Crippen LogP contribution in [0.4, 0.5) is 0 Å². The van der Waals surface area contributed by atoms with Gasteiger partial charge in [0.15, 0.2) is 0 Å². The minimum absolute atomic E-state index is 0. The van der Waals surface area contributed by atoms with Crippen molar-refractivity contribution in [2.24, 2.45) is 0 Å². The molecule has 0 radical (unpaired) electrons. The van der Waals surface area contributed by atoms with E-state index >= 15 is 0 Å². The fourth-order valence-electron chi connectivity index (χ4n) is 21.3.